The van der Waals surface area contributed by atoms with Crippen LogP contribution in [0.2, 0.25) is 0 Å². The highest BCUT2D eigenvalue weighted by atomic mass is 16.6. The Kier molecular flexibility index (Phi) is 7.12. The Balaban J connectivity index is 1.67. The van der Waals surface area contributed by atoms with Crippen molar-refractivity contribution in [2.75, 3.05) is 25.1 Å². The molecule has 9 heteroatoms. The zero-order valence-electron chi connectivity index (χ0n) is 14.5. The van der Waals surface area contributed by atoms with Crippen LogP contribution < -0.4 is 14.8 Å². The lowest BCUT2D eigenvalue weighted by atomic mass is 10.3. The minimum absolute atomic E-state index is 0.00507. The van der Waals surface area contributed by atoms with Gasteiger partial charge in [-0.2, -0.15) is 0 Å². The van der Waals surface area contributed by atoms with Gasteiger partial charge in [-0.05, 0) is 24.3 Å². The van der Waals surface area contributed by atoms with Crippen molar-refractivity contribution >= 4 is 23.3 Å². The Morgan fingerprint density at radius 3 is 2.44 bits per heavy atom. The summed E-state index contributed by atoms with van der Waals surface area (Å²) in [6.07, 6.45) is 0. The van der Waals surface area contributed by atoms with Crippen molar-refractivity contribution in [2.24, 2.45) is 0 Å². The van der Waals surface area contributed by atoms with E-state index < -0.39 is 10.9 Å². The van der Waals surface area contributed by atoms with Gasteiger partial charge in [-0.25, -0.2) is 4.79 Å². The van der Waals surface area contributed by atoms with Gasteiger partial charge in [-0.15, -0.1) is 0 Å². The van der Waals surface area contributed by atoms with Crippen LogP contribution in [0.1, 0.15) is 6.92 Å². The third-order valence-corrected chi connectivity index (χ3v) is 3.17. The Morgan fingerprint density at radius 1 is 1.04 bits per heavy atom. The summed E-state index contributed by atoms with van der Waals surface area (Å²) in [5, 5.41) is 13.2. The molecule has 0 aromatic heterocycles. The summed E-state index contributed by atoms with van der Waals surface area (Å²) >= 11 is 0. The lowest BCUT2D eigenvalue weighted by Gasteiger charge is -2.09. The largest absolute Gasteiger partial charge is 0.490 e. The number of nitro groups is 1. The number of nitro benzene ring substituents is 1. The Bertz CT molecular complexity index is 806. The number of amides is 1. The van der Waals surface area contributed by atoms with Crippen LogP contribution in [0.15, 0.2) is 48.5 Å². The Hall–Kier alpha value is -3.62. The molecule has 142 valence electrons. The number of non-ortho nitro benzene ring substituents is 1. The predicted molar refractivity (Wildman–Crippen MR) is 95.8 cm³/mol. The van der Waals surface area contributed by atoms with Crippen LogP contribution in [0, 0.1) is 10.1 Å². The summed E-state index contributed by atoms with van der Waals surface area (Å²) in [5.74, 6) is 0.0647. The number of esters is 1. The van der Waals surface area contributed by atoms with Crippen molar-refractivity contribution in [3.63, 3.8) is 0 Å². The molecule has 0 saturated carbocycles. The molecule has 27 heavy (non-hydrogen) atoms. The molecule has 0 bridgehead atoms. The normalized spacial score (nSPS) is 9.96. The fraction of sp³-hybridized carbons (Fsp3) is 0.222. The number of nitrogens with one attached hydrogen (secondary N) is 1. The second-order valence-corrected chi connectivity index (χ2v) is 5.32. The molecule has 2 aromatic carbocycles. The molecule has 0 aliphatic heterocycles. The topological polar surface area (TPSA) is 117 Å². The first-order valence-corrected chi connectivity index (χ1v) is 7.97. The average Bonchev–Trinajstić information content (AvgIpc) is 2.64. The van der Waals surface area contributed by atoms with Gasteiger partial charge >= 0.3 is 5.97 Å². The van der Waals surface area contributed by atoms with Gasteiger partial charge in [0.2, 0.25) is 5.91 Å². The number of rotatable bonds is 9. The molecule has 1 amide bonds. The van der Waals surface area contributed by atoms with E-state index in [1.165, 1.54) is 31.2 Å². The fourth-order valence-electron chi connectivity index (χ4n) is 2.03. The van der Waals surface area contributed by atoms with Crippen LogP contribution in [0.3, 0.4) is 0 Å². The van der Waals surface area contributed by atoms with E-state index in [4.69, 9.17) is 14.2 Å². The first-order chi connectivity index (χ1) is 12.9. The number of ether oxygens (including phenoxy) is 3. The van der Waals surface area contributed by atoms with Gasteiger partial charge < -0.3 is 19.5 Å². The lowest BCUT2D eigenvalue weighted by Crippen LogP contribution is -2.18. The van der Waals surface area contributed by atoms with E-state index in [-0.39, 0.29) is 31.4 Å². The van der Waals surface area contributed by atoms with Crippen molar-refractivity contribution in [1.82, 2.24) is 0 Å². The number of hydrogen-bond donors (Lipinski definition) is 1. The molecular formula is C18H18N2O7. The maximum Gasteiger partial charge on any atom is 0.344 e. The number of anilines is 1. The summed E-state index contributed by atoms with van der Waals surface area (Å²) in [6, 6.07) is 12.2. The molecule has 2 rings (SSSR count). The SMILES string of the molecule is CC(=O)Nc1cccc(OCC(=O)OCCOc2ccc([N+](=O)[O-])cc2)c1. The van der Waals surface area contributed by atoms with Crippen molar-refractivity contribution in [3.05, 3.63) is 58.6 Å². The van der Waals surface area contributed by atoms with Crippen molar-refractivity contribution in [3.8, 4) is 11.5 Å². The summed E-state index contributed by atoms with van der Waals surface area (Å²) in [7, 11) is 0. The molecule has 0 heterocycles. The monoisotopic (exact) mass is 374 g/mol. The number of hydrogen-bond acceptors (Lipinski definition) is 7. The number of nitrogens with zero attached hydrogens (tertiary/aromatic N) is 1. The summed E-state index contributed by atoms with van der Waals surface area (Å²) in [4.78, 5) is 32.7. The third kappa shape index (κ3) is 7.02. The first-order valence-electron chi connectivity index (χ1n) is 7.97. The molecule has 0 unspecified atom stereocenters. The highest BCUT2D eigenvalue weighted by Crippen LogP contribution is 2.18. The average molecular weight is 374 g/mol. The van der Waals surface area contributed by atoms with Crippen LogP contribution >= 0.6 is 0 Å². The van der Waals surface area contributed by atoms with Crippen LogP contribution in [-0.4, -0.2) is 36.6 Å². The van der Waals surface area contributed by atoms with Crippen LogP contribution in [-0.2, 0) is 14.3 Å². The summed E-state index contributed by atoms with van der Waals surface area (Å²) in [6.45, 7) is 1.21. The quantitative estimate of drug-likeness (QED) is 0.310. The highest BCUT2D eigenvalue weighted by Gasteiger charge is 2.07. The second-order valence-electron chi connectivity index (χ2n) is 5.32. The summed E-state index contributed by atoms with van der Waals surface area (Å²) in [5.41, 5.74) is 0.526. The zero-order valence-corrected chi connectivity index (χ0v) is 14.5. The number of benzene rings is 2. The van der Waals surface area contributed by atoms with E-state index in [1.807, 2.05) is 0 Å². The number of carbonyl (C=O) groups excluding carboxylic acids is 2. The Morgan fingerprint density at radius 2 is 1.78 bits per heavy atom. The summed E-state index contributed by atoms with van der Waals surface area (Å²) < 4.78 is 15.6. The van der Waals surface area contributed by atoms with Crippen molar-refractivity contribution in [1.29, 1.82) is 0 Å². The molecule has 0 aliphatic rings. The van der Waals surface area contributed by atoms with Gasteiger partial charge in [0.1, 0.15) is 24.7 Å². The van der Waals surface area contributed by atoms with Crippen LogP contribution in [0.25, 0.3) is 0 Å². The van der Waals surface area contributed by atoms with Gasteiger partial charge in [0.25, 0.3) is 5.69 Å². The van der Waals surface area contributed by atoms with Crippen LogP contribution in [0.4, 0.5) is 11.4 Å². The van der Waals surface area contributed by atoms with Gasteiger partial charge in [-0.3, -0.25) is 14.9 Å². The molecule has 0 radical (unpaired) electrons. The van der Waals surface area contributed by atoms with Crippen molar-refractivity contribution < 1.29 is 28.7 Å². The fourth-order valence-corrected chi connectivity index (χ4v) is 2.03. The van der Waals surface area contributed by atoms with Gasteiger partial charge in [0.15, 0.2) is 6.61 Å². The van der Waals surface area contributed by atoms with E-state index in [1.54, 1.807) is 24.3 Å². The zero-order chi connectivity index (χ0) is 19.6. The maximum absolute atomic E-state index is 11.7. The molecule has 9 nitrogen and oxygen atoms in total. The lowest BCUT2D eigenvalue weighted by molar-refractivity contribution is -0.384. The van der Waals surface area contributed by atoms with Gasteiger partial charge in [0.05, 0.1) is 4.92 Å². The minimum atomic E-state index is -0.577. The highest BCUT2D eigenvalue weighted by molar-refractivity contribution is 5.88. The molecular weight excluding hydrogens is 356 g/mol. The molecule has 0 fully saturated rings. The smallest absolute Gasteiger partial charge is 0.344 e. The van der Waals surface area contributed by atoms with E-state index >= 15 is 0 Å². The predicted octanol–water partition coefficient (Wildman–Crippen LogP) is 2.55. The molecule has 0 saturated heterocycles. The third-order valence-electron chi connectivity index (χ3n) is 3.17. The van der Waals surface area contributed by atoms with Crippen molar-refractivity contribution in [2.45, 2.75) is 6.92 Å². The minimum Gasteiger partial charge on any atom is -0.490 e. The number of carbonyl (C=O) groups is 2. The van der Waals surface area contributed by atoms with E-state index in [0.717, 1.165) is 0 Å². The molecule has 2 aromatic rings. The molecule has 0 atom stereocenters. The Labute approximate surface area is 155 Å². The van der Waals surface area contributed by atoms with Gasteiger partial charge in [-0.1, -0.05) is 6.07 Å². The van der Waals surface area contributed by atoms with Gasteiger partial charge in [0, 0.05) is 30.8 Å². The standard InChI is InChI=1S/C18H18N2O7/c1-13(21)19-14-3-2-4-17(11-14)27-12-18(22)26-10-9-25-16-7-5-15(6-8-16)20(23)24/h2-8,11H,9-10,12H2,1H3,(H,19,21). The maximum atomic E-state index is 11.7. The van der Waals surface area contributed by atoms with E-state index in [9.17, 15) is 19.7 Å². The van der Waals surface area contributed by atoms with Crippen LogP contribution in [0.5, 0.6) is 11.5 Å². The second kappa shape index (κ2) is 9.76. The van der Waals surface area contributed by atoms with E-state index in [0.29, 0.717) is 17.2 Å². The molecule has 0 spiro atoms. The van der Waals surface area contributed by atoms with E-state index in [2.05, 4.69) is 5.32 Å². The molecule has 1 N–H and O–H groups in total. The molecule has 0 aliphatic carbocycles. The first kappa shape index (κ1) is 19.7.